The van der Waals surface area contributed by atoms with Crippen LogP contribution >= 0.6 is 0 Å². The standard InChI is InChI=1S/C34H41N3/c1-7-25(6)35-31-20-13-11-18-29(31)32-21-14-22-33(36-32)34(28-17-9-8-15-26(28)23(2)3)37-30-19-12-10-16-27(30)24(4)5/h8-25,34-35,37H,7H2,1-6H3. The molecule has 0 radical (unpaired) electrons. The number of rotatable bonds is 10. The van der Waals surface area contributed by atoms with E-state index in [1.807, 2.05) is 0 Å². The lowest BCUT2D eigenvalue weighted by molar-refractivity contribution is 0.764. The zero-order valence-electron chi connectivity index (χ0n) is 23.1. The van der Waals surface area contributed by atoms with E-state index < -0.39 is 0 Å². The van der Waals surface area contributed by atoms with Crippen molar-refractivity contribution in [3.05, 3.63) is 113 Å². The van der Waals surface area contributed by atoms with Crippen LogP contribution in [0.25, 0.3) is 11.3 Å². The van der Waals surface area contributed by atoms with Crippen molar-refractivity contribution >= 4 is 11.4 Å². The van der Waals surface area contributed by atoms with Crippen LogP contribution in [0, 0.1) is 0 Å². The molecule has 3 nitrogen and oxygen atoms in total. The second kappa shape index (κ2) is 12.1. The van der Waals surface area contributed by atoms with Crippen molar-refractivity contribution in [3.63, 3.8) is 0 Å². The Hall–Kier alpha value is -3.59. The zero-order chi connectivity index (χ0) is 26.4. The lowest BCUT2D eigenvalue weighted by Crippen LogP contribution is -2.18. The quantitative estimate of drug-likeness (QED) is 0.232. The number of hydrogen-bond donors (Lipinski definition) is 2. The minimum atomic E-state index is -0.0758. The number of pyridine rings is 1. The third-order valence-electron chi connectivity index (χ3n) is 7.10. The van der Waals surface area contributed by atoms with Crippen molar-refractivity contribution in [1.82, 2.24) is 4.98 Å². The molecule has 2 atom stereocenters. The third kappa shape index (κ3) is 6.22. The van der Waals surface area contributed by atoms with E-state index in [9.17, 15) is 0 Å². The highest BCUT2D eigenvalue weighted by Gasteiger charge is 2.22. The summed E-state index contributed by atoms with van der Waals surface area (Å²) in [5.74, 6) is 0.826. The van der Waals surface area contributed by atoms with Crippen molar-refractivity contribution < 1.29 is 0 Å². The van der Waals surface area contributed by atoms with E-state index in [1.165, 1.54) is 16.7 Å². The number of anilines is 2. The van der Waals surface area contributed by atoms with E-state index >= 15 is 0 Å². The van der Waals surface area contributed by atoms with E-state index in [0.29, 0.717) is 17.9 Å². The first-order valence-electron chi connectivity index (χ1n) is 13.7. The Morgan fingerprint density at radius 3 is 1.86 bits per heavy atom. The predicted octanol–water partition coefficient (Wildman–Crippen LogP) is 9.41. The van der Waals surface area contributed by atoms with Gasteiger partial charge in [-0.25, -0.2) is 0 Å². The summed E-state index contributed by atoms with van der Waals surface area (Å²) in [6.07, 6.45) is 1.06. The molecular weight excluding hydrogens is 450 g/mol. The molecule has 4 rings (SSSR count). The highest BCUT2D eigenvalue weighted by atomic mass is 15.0. The van der Waals surface area contributed by atoms with E-state index in [-0.39, 0.29) is 6.04 Å². The number of benzene rings is 3. The summed E-state index contributed by atoms with van der Waals surface area (Å²) < 4.78 is 0. The molecule has 0 aliphatic heterocycles. The first-order chi connectivity index (χ1) is 17.9. The lowest BCUT2D eigenvalue weighted by atomic mass is 9.90. The molecule has 37 heavy (non-hydrogen) atoms. The van der Waals surface area contributed by atoms with Crippen molar-refractivity contribution in [1.29, 1.82) is 0 Å². The second-order valence-corrected chi connectivity index (χ2v) is 10.5. The summed E-state index contributed by atoms with van der Waals surface area (Å²) in [6.45, 7) is 13.4. The molecule has 0 aliphatic carbocycles. The Labute approximate surface area is 223 Å². The average molecular weight is 492 g/mol. The van der Waals surface area contributed by atoms with Crippen LogP contribution in [0.1, 0.15) is 88.2 Å². The van der Waals surface area contributed by atoms with Crippen LogP contribution in [0.3, 0.4) is 0 Å². The Morgan fingerprint density at radius 1 is 0.595 bits per heavy atom. The van der Waals surface area contributed by atoms with Gasteiger partial charge in [-0.1, -0.05) is 101 Å². The normalized spacial score (nSPS) is 13.0. The van der Waals surface area contributed by atoms with Crippen LogP contribution in [-0.2, 0) is 0 Å². The summed E-state index contributed by atoms with van der Waals surface area (Å²) in [5, 5.41) is 7.58. The van der Waals surface area contributed by atoms with Gasteiger partial charge in [0.05, 0.1) is 17.4 Å². The van der Waals surface area contributed by atoms with Gasteiger partial charge in [0, 0.05) is 23.0 Å². The molecular formula is C34H41N3. The molecule has 4 aromatic rings. The number of nitrogens with zero attached hydrogens (tertiary/aromatic N) is 1. The number of hydrogen-bond acceptors (Lipinski definition) is 3. The molecule has 3 heteroatoms. The summed E-state index contributed by atoms with van der Waals surface area (Å²) in [7, 11) is 0. The number of para-hydroxylation sites is 2. The van der Waals surface area contributed by atoms with Gasteiger partial charge < -0.3 is 10.6 Å². The van der Waals surface area contributed by atoms with Crippen LogP contribution < -0.4 is 10.6 Å². The highest BCUT2D eigenvalue weighted by Crippen LogP contribution is 2.35. The van der Waals surface area contributed by atoms with E-state index in [2.05, 4.69) is 143 Å². The molecule has 0 saturated heterocycles. The van der Waals surface area contributed by atoms with E-state index in [1.54, 1.807) is 0 Å². The van der Waals surface area contributed by atoms with Gasteiger partial charge in [0.25, 0.3) is 0 Å². The van der Waals surface area contributed by atoms with Crippen molar-refractivity contribution in [3.8, 4) is 11.3 Å². The fourth-order valence-corrected chi connectivity index (χ4v) is 4.86. The van der Waals surface area contributed by atoms with Crippen LogP contribution in [-0.4, -0.2) is 11.0 Å². The van der Waals surface area contributed by atoms with Crippen molar-refractivity contribution in [2.75, 3.05) is 10.6 Å². The van der Waals surface area contributed by atoms with Gasteiger partial charge in [0.15, 0.2) is 0 Å². The van der Waals surface area contributed by atoms with Crippen molar-refractivity contribution in [2.45, 2.75) is 71.9 Å². The van der Waals surface area contributed by atoms with Crippen LogP contribution in [0.4, 0.5) is 11.4 Å². The SMILES string of the molecule is CCC(C)Nc1ccccc1-c1cccc(C(Nc2ccccc2C(C)C)c2ccccc2C(C)C)n1. The molecule has 1 heterocycles. The fraction of sp³-hybridized carbons (Fsp3) is 0.324. The maximum absolute atomic E-state index is 5.28. The van der Waals surface area contributed by atoms with Gasteiger partial charge in [-0.15, -0.1) is 0 Å². The number of aromatic nitrogens is 1. The van der Waals surface area contributed by atoms with Crippen molar-refractivity contribution in [2.24, 2.45) is 0 Å². The van der Waals surface area contributed by atoms with Crippen LogP contribution in [0.5, 0.6) is 0 Å². The number of nitrogens with one attached hydrogen (secondary N) is 2. The van der Waals surface area contributed by atoms with Gasteiger partial charge in [0.2, 0.25) is 0 Å². The lowest BCUT2D eigenvalue weighted by Gasteiger charge is -2.26. The predicted molar refractivity (Wildman–Crippen MR) is 160 cm³/mol. The minimum Gasteiger partial charge on any atom is -0.382 e. The smallest absolute Gasteiger partial charge is 0.0943 e. The Kier molecular flexibility index (Phi) is 8.66. The topological polar surface area (TPSA) is 37.0 Å². The Balaban J connectivity index is 1.84. The molecule has 0 saturated carbocycles. The maximum Gasteiger partial charge on any atom is 0.0943 e. The molecule has 0 aliphatic rings. The summed E-state index contributed by atoms with van der Waals surface area (Å²) >= 11 is 0. The van der Waals surface area contributed by atoms with Gasteiger partial charge in [-0.3, -0.25) is 4.98 Å². The largest absolute Gasteiger partial charge is 0.382 e. The first kappa shape index (κ1) is 26.5. The average Bonchev–Trinajstić information content (AvgIpc) is 2.92. The summed E-state index contributed by atoms with van der Waals surface area (Å²) in [6, 6.07) is 32.6. The van der Waals surface area contributed by atoms with E-state index in [4.69, 9.17) is 4.98 Å². The Bertz CT molecular complexity index is 1310. The molecule has 1 aromatic heterocycles. The zero-order valence-corrected chi connectivity index (χ0v) is 23.1. The third-order valence-corrected chi connectivity index (χ3v) is 7.10. The summed E-state index contributed by atoms with van der Waals surface area (Å²) in [5.41, 5.74) is 9.33. The molecule has 0 bridgehead atoms. The molecule has 0 spiro atoms. The van der Waals surface area contributed by atoms with Crippen LogP contribution in [0.2, 0.25) is 0 Å². The second-order valence-electron chi connectivity index (χ2n) is 10.5. The molecule has 2 N–H and O–H groups in total. The first-order valence-corrected chi connectivity index (χ1v) is 13.7. The molecule has 2 unspecified atom stereocenters. The molecule has 0 amide bonds. The van der Waals surface area contributed by atoms with Crippen LogP contribution in [0.15, 0.2) is 91.0 Å². The highest BCUT2D eigenvalue weighted by molar-refractivity contribution is 5.76. The van der Waals surface area contributed by atoms with Gasteiger partial charge in [0.1, 0.15) is 0 Å². The van der Waals surface area contributed by atoms with Gasteiger partial charge >= 0.3 is 0 Å². The summed E-state index contributed by atoms with van der Waals surface area (Å²) in [4.78, 5) is 5.28. The minimum absolute atomic E-state index is 0.0758. The monoisotopic (exact) mass is 491 g/mol. The fourth-order valence-electron chi connectivity index (χ4n) is 4.86. The molecule has 192 valence electrons. The van der Waals surface area contributed by atoms with E-state index in [0.717, 1.165) is 34.7 Å². The van der Waals surface area contributed by atoms with Gasteiger partial charge in [-0.05, 0) is 66.1 Å². The maximum atomic E-state index is 5.28. The Morgan fingerprint density at radius 2 is 1.19 bits per heavy atom. The van der Waals surface area contributed by atoms with Gasteiger partial charge in [-0.2, -0.15) is 0 Å². The molecule has 3 aromatic carbocycles. The molecule has 0 fully saturated rings.